The van der Waals surface area contributed by atoms with Crippen molar-refractivity contribution in [2.24, 2.45) is 0 Å². The summed E-state index contributed by atoms with van der Waals surface area (Å²) in [7, 11) is 0. The van der Waals surface area contributed by atoms with Crippen molar-refractivity contribution < 1.29 is 15.0 Å². The van der Waals surface area contributed by atoms with Gasteiger partial charge in [-0.2, -0.15) is 0 Å². The molecule has 0 amide bonds. The summed E-state index contributed by atoms with van der Waals surface area (Å²) in [6, 6.07) is 14.6. The summed E-state index contributed by atoms with van der Waals surface area (Å²) in [5, 5.41) is 19.5. The number of rotatable bonds is 3. The van der Waals surface area contributed by atoms with E-state index in [1.165, 1.54) is 0 Å². The molecule has 1 heterocycles. The van der Waals surface area contributed by atoms with Crippen LogP contribution in [0.25, 0.3) is 22.0 Å². The normalized spacial score (nSPS) is 10.7. The van der Waals surface area contributed by atoms with Crippen LogP contribution in [0.3, 0.4) is 0 Å². The molecule has 0 saturated heterocycles. The van der Waals surface area contributed by atoms with Gasteiger partial charge in [0.15, 0.2) is 0 Å². The van der Waals surface area contributed by atoms with E-state index in [-0.39, 0.29) is 12.2 Å². The Labute approximate surface area is 121 Å². The van der Waals surface area contributed by atoms with E-state index in [1.54, 1.807) is 24.4 Å². The van der Waals surface area contributed by atoms with Crippen LogP contribution < -0.4 is 0 Å². The third-order valence-electron chi connectivity index (χ3n) is 3.37. The van der Waals surface area contributed by atoms with Crippen molar-refractivity contribution in [3.8, 4) is 16.9 Å². The van der Waals surface area contributed by atoms with Gasteiger partial charge in [-0.15, -0.1) is 0 Å². The van der Waals surface area contributed by atoms with Crippen LogP contribution >= 0.6 is 0 Å². The van der Waals surface area contributed by atoms with Gasteiger partial charge in [0.2, 0.25) is 0 Å². The summed E-state index contributed by atoms with van der Waals surface area (Å²) in [5.41, 5.74) is 3.23. The molecule has 4 nitrogen and oxygen atoms in total. The Hall–Kier alpha value is -2.88. The van der Waals surface area contributed by atoms with Crippen LogP contribution in [0.15, 0.2) is 54.7 Å². The van der Waals surface area contributed by atoms with Crippen molar-refractivity contribution in [3.05, 3.63) is 60.3 Å². The minimum Gasteiger partial charge on any atom is -0.506 e. The van der Waals surface area contributed by atoms with Crippen LogP contribution in [0, 0.1) is 0 Å². The van der Waals surface area contributed by atoms with Crippen molar-refractivity contribution in [1.82, 2.24) is 4.98 Å². The highest BCUT2D eigenvalue weighted by Crippen LogP contribution is 2.32. The smallest absolute Gasteiger partial charge is 0.307 e. The molecule has 0 aliphatic heterocycles. The molecule has 0 spiro atoms. The molecule has 0 fully saturated rings. The van der Waals surface area contributed by atoms with Crippen molar-refractivity contribution in [3.63, 3.8) is 0 Å². The highest BCUT2D eigenvalue weighted by Gasteiger charge is 2.08. The monoisotopic (exact) mass is 279 g/mol. The number of carboxylic acid groups (broad SMARTS) is 1. The van der Waals surface area contributed by atoms with Crippen molar-refractivity contribution in [1.29, 1.82) is 0 Å². The molecule has 21 heavy (non-hydrogen) atoms. The molecule has 2 N–H and O–H groups in total. The number of benzene rings is 2. The average Bonchev–Trinajstić information content (AvgIpc) is 2.48. The summed E-state index contributed by atoms with van der Waals surface area (Å²) in [4.78, 5) is 14.9. The summed E-state index contributed by atoms with van der Waals surface area (Å²) >= 11 is 0. The van der Waals surface area contributed by atoms with Gasteiger partial charge < -0.3 is 10.2 Å². The highest BCUT2D eigenvalue weighted by molar-refractivity contribution is 5.97. The molecule has 0 atom stereocenters. The second-order valence-electron chi connectivity index (χ2n) is 4.80. The number of hydrogen-bond acceptors (Lipinski definition) is 3. The first-order valence-corrected chi connectivity index (χ1v) is 6.53. The number of nitrogens with zero attached hydrogens (tertiary/aromatic N) is 1. The van der Waals surface area contributed by atoms with Crippen LogP contribution in [-0.4, -0.2) is 21.2 Å². The van der Waals surface area contributed by atoms with Gasteiger partial charge >= 0.3 is 5.97 Å². The molecule has 2 aromatic carbocycles. The van der Waals surface area contributed by atoms with E-state index < -0.39 is 5.97 Å². The van der Waals surface area contributed by atoms with Gasteiger partial charge in [-0.25, -0.2) is 0 Å². The van der Waals surface area contributed by atoms with E-state index in [0.717, 1.165) is 22.1 Å². The number of pyridine rings is 1. The van der Waals surface area contributed by atoms with Gasteiger partial charge in [0, 0.05) is 11.6 Å². The fraction of sp³-hybridized carbons (Fsp3) is 0.0588. The fourth-order valence-electron chi connectivity index (χ4n) is 2.39. The number of aliphatic carboxylic acids is 1. The Balaban J connectivity index is 2.08. The molecular formula is C17H13NO3. The number of fused-ring (bicyclic) bond motifs is 1. The summed E-state index contributed by atoms with van der Waals surface area (Å²) in [5.74, 6) is -0.695. The molecule has 4 heteroatoms. The Kier molecular flexibility index (Phi) is 3.28. The molecule has 0 aliphatic carbocycles. The van der Waals surface area contributed by atoms with Crippen LogP contribution in [-0.2, 0) is 11.2 Å². The molecule has 3 rings (SSSR count). The summed E-state index contributed by atoms with van der Waals surface area (Å²) in [6.45, 7) is 0. The number of carboxylic acids is 1. The maximum atomic E-state index is 10.7. The zero-order valence-corrected chi connectivity index (χ0v) is 11.2. The topological polar surface area (TPSA) is 70.4 Å². The quantitative estimate of drug-likeness (QED) is 0.772. The molecule has 0 radical (unpaired) electrons. The van der Waals surface area contributed by atoms with Crippen LogP contribution in [0.4, 0.5) is 0 Å². The minimum absolute atomic E-state index is 0.0121. The lowest BCUT2D eigenvalue weighted by atomic mass is 9.98. The molecule has 0 bridgehead atoms. The number of hydrogen-bond donors (Lipinski definition) is 2. The molecule has 1 aromatic heterocycles. The minimum atomic E-state index is -0.845. The van der Waals surface area contributed by atoms with Crippen LogP contribution in [0.5, 0.6) is 5.75 Å². The Bertz CT molecular complexity index is 810. The summed E-state index contributed by atoms with van der Waals surface area (Å²) < 4.78 is 0. The SMILES string of the molecule is O=C(O)Cc1ccc(-c2ccc(O)c3ncccc23)cc1. The predicted molar refractivity (Wildman–Crippen MR) is 80.2 cm³/mol. The van der Waals surface area contributed by atoms with E-state index >= 15 is 0 Å². The van der Waals surface area contributed by atoms with Gasteiger partial charge in [-0.05, 0) is 34.9 Å². The Morgan fingerprint density at radius 1 is 1.05 bits per heavy atom. The van der Waals surface area contributed by atoms with Gasteiger partial charge in [0.25, 0.3) is 0 Å². The lowest BCUT2D eigenvalue weighted by molar-refractivity contribution is -0.136. The van der Waals surface area contributed by atoms with Crippen molar-refractivity contribution >= 4 is 16.9 Å². The first-order valence-electron chi connectivity index (χ1n) is 6.53. The van der Waals surface area contributed by atoms with Crippen LogP contribution in [0.1, 0.15) is 5.56 Å². The van der Waals surface area contributed by atoms with Gasteiger partial charge in [-0.3, -0.25) is 9.78 Å². The van der Waals surface area contributed by atoms with Gasteiger partial charge in [0.1, 0.15) is 11.3 Å². The third kappa shape index (κ3) is 2.56. The standard InChI is InChI=1S/C17H13NO3/c19-15-8-7-13(14-2-1-9-18-17(14)15)12-5-3-11(4-6-12)10-16(20)21/h1-9,19H,10H2,(H,20,21). The largest absolute Gasteiger partial charge is 0.506 e. The molecule has 0 aliphatic rings. The lowest BCUT2D eigenvalue weighted by Crippen LogP contribution is -1.99. The second-order valence-corrected chi connectivity index (χ2v) is 4.80. The number of phenols is 1. The lowest BCUT2D eigenvalue weighted by Gasteiger charge is -2.08. The number of phenolic OH excluding ortho intramolecular Hbond substituents is 1. The van der Waals surface area contributed by atoms with E-state index in [1.807, 2.05) is 30.3 Å². The molecule has 0 unspecified atom stereocenters. The molecule has 3 aromatic rings. The van der Waals surface area contributed by atoms with E-state index in [2.05, 4.69) is 4.98 Å². The highest BCUT2D eigenvalue weighted by atomic mass is 16.4. The predicted octanol–water partition coefficient (Wildman–Crippen LogP) is 3.23. The van der Waals surface area contributed by atoms with Crippen molar-refractivity contribution in [2.45, 2.75) is 6.42 Å². The van der Waals surface area contributed by atoms with E-state index in [0.29, 0.717) is 5.52 Å². The second kappa shape index (κ2) is 5.25. The van der Waals surface area contributed by atoms with Gasteiger partial charge in [0.05, 0.1) is 6.42 Å². The Morgan fingerprint density at radius 3 is 2.52 bits per heavy atom. The first kappa shape index (κ1) is 13.1. The number of aromatic nitrogens is 1. The maximum Gasteiger partial charge on any atom is 0.307 e. The fourth-order valence-corrected chi connectivity index (χ4v) is 2.39. The van der Waals surface area contributed by atoms with Gasteiger partial charge in [-0.1, -0.05) is 30.3 Å². The Morgan fingerprint density at radius 2 is 1.81 bits per heavy atom. The third-order valence-corrected chi connectivity index (χ3v) is 3.37. The number of carbonyl (C=O) groups is 1. The summed E-state index contributed by atoms with van der Waals surface area (Å²) in [6.07, 6.45) is 1.65. The van der Waals surface area contributed by atoms with E-state index in [9.17, 15) is 9.90 Å². The average molecular weight is 279 g/mol. The van der Waals surface area contributed by atoms with E-state index in [4.69, 9.17) is 5.11 Å². The first-order chi connectivity index (χ1) is 10.1. The molecular weight excluding hydrogens is 266 g/mol. The zero-order valence-electron chi connectivity index (χ0n) is 11.2. The van der Waals surface area contributed by atoms with Crippen LogP contribution in [0.2, 0.25) is 0 Å². The molecule has 104 valence electrons. The van der Waals surface area contributed by atoms with Crippen molar-refractivity contribution in [2.75, 3.05) is 0 Å². The number of aromatic hydroxyl groups is 1. The molecule has 0 saturated carbocycles. The maximum absolute atomic E-state index is 10.7. The zero-order chi connectivity index (χ0) is 14.8.